The van der Waals surface area contributed by atoms with Gasteiger partial charge in [-0.25, -0.2) is 10.2 Å². The standard InChI is InChI=1S/C29H38N2O7/c1-17-20(7-12-37-17)25(34)31-30-16-27-9-3-19(32)14-28(27,35)10-5-23-22(27)4-8-26(2)21(6-11-29(23,26)36)18-13-24(33)38-15-18/h7,12-13,16,19,21-23,32,35-36H,3-6,8-11,14-15H2,1-2H3,(H,31,34). The van der Waals surface area contributed by atoms with Gasteiger partial charge in [-0.3, -0.25) is 4.79 Å². The molecular formula is C29H38N2O7. The summed E-state index contributed by atoms with van der Waals surface area (Å²) in [6.07, 6.45) is 9.53. The van der Waals surface area contributed by atoms with Gasteiger partial charge in [-0.05, 0) is 87.7 Å². The number of carbonyl (C=O) groups excluding carboxylic acids is 2. The van der Waals surface area contributed by atoms with Crippen LogP contribution in [0.25, 0.3) is 0 Å². The number of ether oxygens (including phenoxy) is 1. The number of nitrogens with one attached hydrogen (secondary N) is 1. The summed E-state index contributed by atoms with van der Waals surface area (Å²) in [6, 6.07) is 1.59. The topological polar surface area (TPSA) is 142 Å². The molecule has 38 heavy (non-hydrogen) atoms. The lowest BCUT2D eigenvalue weighted by Gasteiger charge is -2.65. The minimum absolute atomic E-state index is 0.0580. The second-order valence-corrected chi connectivity index (χ2v) is 12.6. The number of aliphatic hydroxyl groups is 3. The molecule has 2 heterocycles. The molecule has 1 amide bonds. The van der Waals surface area contributed by atoms with E-state index in [1.54, 1.807) is 25.3 Å². The van der Waals surface area contributed by atoms with Crippen LogP contribution < -0.4 is 5.43 Å². The summed E-state index contributed by atoms with van der Waals surface area (Å²) >= 11 is 0. The fourth-order valence-electron chi connectivity index (χ4n) is 9.25. The molecule has 4 aliphatic carbocycles. The summed E-state index contributed by atoms with van der Waals surface area (Å²) < 4.78 is 10.5. The molecule has 8 unspecified atom stereocenters. The molecular weight excluding hydrogens is 488 g/mol. The lowest BCUT2D eigenvalue weighted by atomic mass is 9.41. The number of esters is 1. The predicted octanol–water partition coefficient (Wildman–Crippen LogP) is 3.02. The number of amides is 1. The Morgan fingerprint density at radius 2 is 1.92 bits per heavy atom. The van der Waals surface area contributed by atoms with Crippen LogP contribution in [0.1, 0.15) is 80.8 Å². The second-order valence-electron chi connectivity index (χ2n) is 12.6. The Morgan fingerprint density at radius 1 is 1.13 bits per heavy atom. The van der Waals surface area contributed by atoms with E-state index in [9.17, 15) is 24.9 Å². The number of nitrogens with zero attached hydrogens (tertiary/aromatic N) is 1. The van der Waals surface area contributed by atoms with Gasteiger partial charge in [0.05, 0.1) is 29.1 Å². The quantitative estimate of drug-likeness (QED) is 0.268. The van der Waals surface area contributed by atoms with Crippen molar-refractivity contribution in [3.63, 3.8) is 0 Å². The van der Waals surface area contributed by atoms with E-state index < -0.39 is 28.1 Å². The summed E-state index contributed by atoms with van der Waals surface area (Å²) in [4.78, 5) is 24.5. The highest BCUT2D eigenvalue weighted by Crippen LogP contribution is 2.70. The Labute approximate surface area is 222 Å². The highest BCUT2D eigenvalue weighted by Gasteiger charge is 2.71. The summed E-state index contributed by atoms with van der Waals surface area (Å²) in [6.45, 7) is 4.17. The Morgan fingerprint density at radius 3 is 2.63 bits per heavy atom. The van der Waals surface area contributed by atoms with Crippen LogP contribution in [0.15, 0.2) is 33.5 Å². The van der Waals surface area contributed by atoms with Gasteiger partial charge in [-0.2, -0.15) is 5.10 Å². The zero-order chi connectivity index (χ0) is 26.9. The zero-order valence-electron chi connectivity index (χ0n) is 22.1. The van der Waals surface area contributed by atoms with Crippen LogP contribution in [0.3, 0.4) is 0 Å². The number of rotatable bonds is 4. The Bertz CT molecular complexity index is 1210. The predicted molar refractivity (Wildman–Crippen MR) is 137 cm³/mol. The van der Waals surface area contributed by atoms with Gasteiger partial charge in [-0.15, -0.1) is 0 Å². The zero-order valence-corrected chi connectivity index (χ0v) is 22.1. The average molecular weight is 527 g/mol. The monoisotopic (exact) mass is 526 g/mol. The third-order valence-corrected chi connectivity index (χ3v) is 11.2. The van der Waals surface area contributed by atoms with Crippen molar-refractivity contribution in [1.29, 1.82) is 0 Å². The van der Waals surface area contributed by atoms with Crippen molar-refractivity contribution in [2.45, 2.75) is 88.9 Å². The molecule has 0 bridgehead atoms. The van der Waals surface area contributed by atoms with E-state index in [-0.39, 0.29) is 36.1 Å². The number of hydrogen-bond acceptors (Lipinski definition) is 8. The highest BCUT2D eigenvalue weighted by atomic mass is 16.5. The normalized spacial score (nSPS) is 44.2. The molecule has 4 fully saturated rings. The van der Waals surface area contributed by atoms with Gasteiger partial charge < -0.3 is 24.5 Å². The Kier molecular flexibility index (Phi) is 5.94. The highest BCUT2D eigenvalue weighted by molar-refractivity contribution is 5.95. The van der Waals surface area contributed by atoms with Crippen molar-refractivity contribution in [1.82, 2.24) is 5.43 Å². The average Bonchev–Trinajstić information content (AvgIpc) is 3.56. The van der Waals surface area contributed by atoms with Crippen molar-refractivity contribution in [2.75, 3.05) is 6.61 Å². The molecule has 4 N–H and O–H groups in total. The maximum absolute atomic E-state index is 12.7. The van der Waals surface area contributed by atoms with Crippen molar-refractivity contribution < 1.29 is 34.1 Å². The van der Waals surface area contributed by atoms with Crippen LogP contribution in [-0.2, 0) is 9.53 Å². The maximum Gasteiger partial charge on any atom is 0.331 e. The molecule has 0 radical (unpaired) electrons. The number of aryl methyl sites for hydroxylation is 1. The van der Waals surface area contributed by atoms with E-state index in [1.807, 2.05) is 0 Å². The van der Waals surface area contributed by atoms with E-state index in [4.69, 9.17) is 9.15 Å². The molecule has 1 aliphatic heterocycles. The summed E-state index contributed by atoms with van der Waals surface area (Å²) in [5.41, 5.74) is 0.682. The fraction of sp³-hybridized carbons (Fsp3) is 0.690. The van der Waals surface area contributed by atoms with Crippen LogP contribution in [0.5, 0.6) is 0 Å². The Balaban J connectivity index is 1.33. The van der Waals surface area contributed by atoms with Crippen molar-refractivity contribution in [3.05, 3.63) is 35.3 Å². The minimum atomic E-state index is -1.18. The van der Waals surface area contributed by atoms with Crippen molar-refractivity contribution in [3.8, 4) is 0 Å². The van der Waals surface area contributed by atoms with Crippen LogP contribution in [0.2, 0.25) is 0 Å². The lowest BCUT2D eigenvalue weighted by molar-refractivity contribution is -0.237. The molecule has 1 aromatic heterocycles. The molecule has 0 spiro atoms. The molecule has 1 aromatic rings. The molecule has 4 saturated carbocycles. The van der Waals surface area contributed by atoms with Crippen molar-refractivity contribution in [2.24, 2.45) is 33.7 Å². The minimum Gasteiger partial charge on any atom is -0.469 e. The van der Waals surface area contributed by atoms with Gasteiger partial charge in [-0.1, -0.05) is 6.92 Å². The van der Waals surface area contributed by atoms with E-state index in [0.717, 1.165) is 24.8 Å². The second kappa shape index (κ2) is 8.76. The van der Waals surface area contributed by atoms with Gasteiger partial charge >= 0.3 is 5.97 Å². The van der Waals surface area contributed by atoms with Crippen molar-refractivity contribution >= 4 is 18.1 Å². The smallest absolute Gasteiger partial charge is 0.331 e. The molecule has 0 aromatic carbocycles. The third kappa shape index (κ3) is 3.51. The van der Waals surface area contributed by atoms with Gasteiger partial charge in [0.1, 0.15) is 12.4 Å². The van der Waals surface area contributed by atoms with Gasteiger partial charge in [0, 0.05) is 29.5 Å². The van der Waals surface area contributed by atoms with Gasteiger partial charge in [0.25, 0.3) is 5.91 Å². The van der Waals surface area contributed by atoms with E-state index in [0.29, 0.717) is 50.0 Å². The van der Waals surface area contributed by atoms with E-state index in [1.165, 1.54) is 6.26 Å². The largest absolute Gasteiger partial charge is 0.469 e. The third-order valence-electron chi connectivity index (χ3n) is 11.2. The lowest BCUT2D eigenvalue weighted by Crippen LogP contribution is -2.68. The maximum atomic E-state index is 12.7. The number of carbonyl (C=O) groups is 2. The molecule has 9 heteroatoms. The number of aliphatic hydroxyl groups excluding tert-OH is 1. The molecule has 9 nitrogen and oxygen atoms in total. The summed E-state index contributed by atoms with van der Waals surface area (Å²) in [7, 11) is 0. The number of fused-ring (bicyclic) bond motifs is 5. The number of furan rings is 1. The first-order valence-corrected chi connectivity index (χ1v) is 13.9. The molecule has 5 aliphatic rings. The van der Waals surface area contributed by atoms with Gasteiger partial charge in [0.2, 0.25) is 0 Å². The Hall–Kier alpha value is -2.49. The molecule has 8 atom stereocenters. The van der Waals surface area contributed by atoms with Gasteiger partial charge in [0.15, 0.2) is 0 Å². The first-order valence-electron chi connectivity index (χ1n) is 13.9. The SMILES string of the molecule is Cc1occc1C(=O)NN=CC12CCC(O)CC1(O)CCC1C2CCC2(C)C(C3=CC(=O)OC3)CCC12O. The fourth-order valence-corrected chi connectivity index (χ4v) is 9.25. The number of cyclic esters (lactones) is 1. The number of hydrogen-bond donors (Lipinski definition) is 4. The summed E-state index contributed by atoms with van der Waals surface area (Å²) in [5.74, 6) is -0.239. The van der Waals surface area contributed by atoms with Crippen LogP contribution in [0, 0.1) is 35.5 Å². The van der Waals surface area contributed by atoms with Crippen LogP contribution in [0.4, 0.5) is 0 Å². The van der Waals surface area contributed by atoms with Crippen LogP contribution >= 0.6 is 0 Å². The molecule has 6 rings (SSSR count). The first kappa shape index (κ1) is 25.8. The van der Waals surface area contributed by atoms with E-state index >= 15 is 0 Å². The molecule has 0 saturated heterocycles. The number of hydrazone groups is 1. The summed E-state index contributed by atoms with van der Waals surface area (Å²) in [5, 5.41) is 39.4. The van der Waals surface area contributed by atoms with Crippen LogP contribution in [-0.4, -0.2) is 57.3 Å². The van der Waals surface area contributed by atoms with E-state index in [2.05, 4.69) is 17.5 Å². The molecule has 206 valence electrons. The first-order chi connectivity index (χ1) is 18.0.